The first kappa shape index (κ1) is 22.9. The monoisotopic (exact) mass is 469 g/mol. The van der Waals surface area contributed by atoms with Crippen LogP contribution >= 0.6 is 11.3 Å². The van der Waals surface area contributed by atoms with Gasteiger partial charge in [-0.15, -0.1) is 11.3 Å². The third-order valence-corrected chi connectivity index (χ3v) is 6.39. The summed E-state index contributed by atoms with van der Waals surface area (Å²) in [5.74, 6) is -1.32. The van der Waals surface area contributed by atoms with Gasteiger partial charge in [0.25, 0.3) is 0 Å². The molecule has 0 bridgehead atoms. The normalized spacial score (nSPS) is 11.2. The summed E-state index contributed by atoms with van der Waals surface area (Å²) in [5.41, 5.74) is 2.94. The molecule has 0 fully saturated rings. The Hall–Kier alpha value is -3.23. The molecule has 0 aliphatic rings. The minimum Gasteiger partial charge on any atom is -0.383 e. The number of anilines is 1. The molecule has 5 nitrogen and oxygen atoms in total. The molecule has 0 spiro atoms. The number of hydrogen-bond acceptors (Lipinski definition) is 3. The Labute approximate surface area is 195 Å². The first-order valence-electron chi connectivity index (χ1n) is 10.7. The first-order valence-corrected chi connectivity index (χ1v) is 11.5. The van der Waals surface area contributed by atoms with Crippen molar-refractivity contribution >= 4 is 34.0 Å². The van der Waals surface area contributed by atoms with Crippen LogP contribution in [-0.4, -0.2) is 35.8 Å². The van der Waals surface area contributed by atoms with Crippen molar-refractivity contribution in [3.05, 3.63) is 77.2 Å². The lowest BCUT2D eigenvalue weighted by Crippen LogP contribution is -2.37. The SMILES string of the molecule is CCn1c(-c2cccs2)c(CN(CCOC)C(=O)Nc2cc(F)ccc2F)c2ccccc21. The van der Waals surface area contributed by atoms with Crippen LogP contribution in [0.2, 0.25) is 0 Å². The smallest absolute Gasteiger partial charge is 0.322 e. The molecule has 0 saturated heterocycles. The molecular formula is C25H25F2N3O2S. The molecule has 8 heteroatoms. The number of para-hydroxylation sites is 1. The predicted octanol–water partition coefficient (Wildman–Crippen LogP) is 6.35. The van der Waals surface area contributed by atoms with Gasteiger partial charge < -0.3 is 19.5 Å². The topological polar surface area (TPSA) is 46.5 Å². The van der Waals surface area contributed by atoms with E-state index in [0.717, 1.165) is 51.8 Å². The van der Waals surface area contributed by atoms with Crippen LogP contribution in [0.15, 0.2) is 60.0 Å². The highest BCUT2D eigenvalue weighted by atomic mass is 32.1. The lowest BCUT2D eigenvalue weighted by molar-refractivity contribution is 0.153. The average Bonchev–Trinajstić information content (AvgIpc) is 3.45. The number of halogens is 2. The lowest BCUT2D eigenvalue weighted by atomic mass is 10.1. The second kappa shape index (κ2) is 10.1. The van der Waals surface area contributed by atoms with E-state index in [1.165, 1.54) is 0 Å². The molecular weight excluding hydrogens is 444 g/mol. The number of hydrogen-bond donors (Lipinski definition) is 1. The summed E-state index contributed by atoms with van der Waals surface area (Å²) in [6.45, 7) is 3.74. The number of carbonyl (C=O) groups is 1. The molecule has 2 aromatic carbocycles. The van der Waals surface area contributed by atoms with Gasteiger partial charge in [-0.2, -0.15) is 0 Å². The third-order valence-electron chi connectivity index (χ3n) is 5.52. The Morgan fingerprint density at radius 2 is 1.97 bits per heavy atom. The summed E-state index contributed by atoms with van der Waals surface area (Å²) in [5, 5.41) is 5.59. The second-order valence-corrected chi connectivity index (χ2v) is 8.48. The van der Waals surface area contributed by atoms with E-state index in [-0.39, 0.29) is 18.8 Å². The van der Waals surface area contributed by atoms with Crippen molar-refractivity contribution in [1.29, 1.82) is 0 Å². The van der Waals surface area contributed by atoms with E-state index in [1.54, 1.807) is 23.3 Å². The largest absolute Gasteiger partial charge is 0.383 e. The van der Waals surface area contributed by atoms with Crippen molar-refractivity contribution in [2.75, 3.05) is 25.6 Å². The molecule has 4 aromatic rings. The molecule has 2 heterocycles. The highest BCUT2D eigenvalue weighted by Gasteiger charge is 2.23. The molecule has 1 N–H and O–H groups in total. The minimum atomic E-state index is -0.696. The fourth-order valence-corrected chi connectivity index (χ4v) is 4.80. The van der Waals surface area contributed by atoms with E-state index in [0.29, 0.717) is 6.61 Å². The maximum atomic E-state index is 14.2. The van der Waals surface area contributed by atoms with E-state index >= 15 is 0 Å². The zero-order valence-corrected chi connectivity index (χ0v) is 19.3. The van der Waals surface area contributed by atoms with Gasteiger partial charge in [0, 0.05) is 42.7 Å². The molecule has 2 aromatic heterocycles. The number of methoxy groups -OCH3 is 1. The number of urea groups is 1. The molecule has 0 radical (unpaired) electrons. The van der Waals surface area contributed by atoms with Gasteiger partial charge >= 0.3 is 6.03 Å². The van der Waals surface area contributed by atoms with Crippen molar-refractivity contribution in [2.45, 2.75) is 20.0 Å². The van der Waals surface area contributed by atoms with E-state index in [1.807, 2.05) is 29.6 Å². The van der Waals surface area contributed by atoms with Crippen LogP contribution in [-0.2, 0) is 17.8 Å². The van der Waals surface area contributed by atoms with Gasteiger partial charge in [-0.25, -0.2) is 13.6 Å². The Balaban J connectivity index is 1.75. The summed E-state index contributed by atoms with van der Waals surface area (Å²) in [6.07, 6.45) is 0. The van der Waals surface area contributed by atoms with Gasteiger partial charge in [-0.1, -0.05) is 24.3 Å². The number of amides is 2. The molecule has 2 amide bonds. The maximum absolute atomic E-state index is 14.2. The Kier molecular flexibility index (Phi) is 7.05. The van der Waals surface area contributed by atoms with E-state index in [4.69, 9.17) is 4.74 Å². The quantitative estimate of drug-likeness (QED) is 0.327. The molecule has 172 valence electrons. The highest BCUT2D eigenvalue weighted by molar-refractivity contribution is 7.13. The number of aryl methyl sites for hydroxylation is 1. The predicted molar refractivity (Wildman–Crippen MR) is 129 cm³/mol. The fourth-order valence-electron chi connectivity index (χ4n) is 3.99. The Morgan fingerprint density at radius 1 is 1.15 bits per heavy atom. The van der Waals surface area contributed by atoms with Crippen LogP contribution in [0.1, 0.15) is 12.5 Å². The molecule has 0 atom stereocenters. The lowest BCUT2D eigenvalue weighted by Gasteiger charge is -2.24. The van der Waals surface area contributed by atoms with Crippen LogP contribution in [0.3, 0.4) is 0 Å². The number of thiophene rings is 1. The number of ether oxygens (including phenoxy) is 1. The van der Waals surface area contributed by atoms with Crippen LogP contribution in [0.4, 0.5) is 19.3 Å². The Morgan fingerprint density at radius 3 is 2.70 bits per heavy atom. The molecule has 0 aliphatic carbocycles. The summed E-state index contributed by atoms with van der Waals surface area (Å²) in [7, 11) is 1.56. The molecule has 0 aliphatic heterocycles. The number of benzene rings is 2. The second-order valence-electron chi connectivity index (χ2n) is 7.53. The van der Waals surface area contributed by atoms with Gasteiger partial charge in [0.1, 0.15) is 11.6 Å². The highest BCUT2D eigenvalue weighted by Crippen LogP contribution is 2.37. The molecule has 0 unspecified atom stereocenters. The van der Waals surface area contributed by atoms with Crippen LogP contribution < -0.4 is 5.32 Å². The van der Waals surface area contributed by atoms with E-state index in [2.05, 4.69) is 28.9 Å². The van der Waals surface area contributed by atoms with Gasteiger partial charge in [0.15, 0.2) is 0 Å². The number of rotatable bonds is 8. The Bertz CT molecular complexity index is 1250. The fraction of sp³-hybridized carbons (Fsp3) is 0.240. The standard InChI is InChI=1S/C25H25F2N3O2S/c1-3-30-22-8-5-4-7-18(22)19(24(30)23-9-6-14-33-23)16-29(12-13-32-2)25(31)28-21-15-17(26)10-11-20(21)27/h4-11,14-15H,3,12-13,16H2,1-2H3,(H,28,31). The molecule has 4 rings (SSSR count). The first-order chi connectivity index (χ1) is 16.0. The van der Waals surface area contributed by atoms with Crippen molar-refractivity contribution in [1.82, 2.24) is 9.47 Å². The van der Waals surface area contributed by atoms with Crippen molar-refractivity contribution < 1.29 is 18.3 Å². The van der Waals surface area contributed by atoms with Gasteiger partial charge in [0.05, 0.1) is 29.4 Å². The van der Waals surface area contributed by atoms with Gasteiger partial charge in [-0.3, -0.25) is 0 Å². The zero-order valence-electron chi connectivity index (χ0n) is 18.5. The van der Waals surface area contributed by atoms with Crippen molar-refractivity contribution in [3.8, 4) is 10.6 Å². The van der Waals surface area contributed by atoms with Gasteiger partial charge in [-0.05, 0) is 36.6 Å². The zero-order chi connectivity index (χ0) is 23.4. The van der Waals surface area contributed by atoms with Crippen LogP contribution in [0.25, 0.3) is 21.5 Å². The number of carbonyl (C=O) groups excluding carboxylic acids is 1. The summed E-state index contributed by atoms with van der Waals surface area (Å²) in [4.78, 5) is 15.8. The summed E-state index contributed by atoms with van der Waals surface area (Å²) >= 11 is 1.64. The number of aromatic nitrogens is 1. The van der Waals surface area contributed by atoms with Crippen molar-refractivity contribution in [2.24, 2.45) is 0 Å². The van der Waals surface area contributed by atoms with E-state index < -0.39 is 17.7 Å². The molecule has 33 heavy (non-hydrogen) atoms. The third kappa shape index (κ3) is 4.77. The van der Waals surface area contributed by atoms with Crippen LogP contribution in [0, 0.1) is 11.6 Å². The average molecular weight is 470 g/mol. The summed E-state index contributed by atoms with van der Waals surface area (Å²) in [6, 6.07) is 14.6. The van der Waals surface area contributed by atoms with Gasteiger partial charge in [0.2, 0.25) is 0 Å². The number of nitrogens with one attached hydrogen (secondary N) is 1. The van der Waals surface area contributed by atoms with Crippen LogP contribution in [0.5, 0.6) is 0 Å². The van der Waals surface area contributed by atoms with Crippen molar-refractivity contribution in [3.63, 3.8) is 0 Å². The minimum absolute atomic E-state index is 0.197. The maximum Gasteiger partial charge on any atom is 0.322 e. The number of fused-ring (bicyclic) bond motifs is 1. The number of nitrogens with zero attached hydrogens (tertiary/aromatic N) is 2. The summed E-state index contributed by atoms with van der Waals surface area (Å²) < 4.78 is 35.2. The van der Waals surface area contributed by atoms with E-state index in [9.17, 15) is 13.6 Å². The molecule has 0 saturated carbocycles.